The molecule has 0 aliphatic heterocycles. The van der Waals surface area contributed by atoms with E-state index in [9.17, 15) is 0 Å². The number of rotatable bonds is 6. The first-order valence-electron chi connectivity index (χ1n) is 21.2. The zero-order chi connectivity index (χ0) is 41.4. The largest absolute Gasteiger partial charge is 0.456 e. The number of benzene rings is 9. The topological polar surface area (TPSA) is 61.7 Å². The fraction of sp³-hybridized carbons (Fsp3) is 0. The van der Waals surface area contributed by atoms with E-state index in [1.807, 2.05) is 24.3 Å². The average Bonchev–Trinajstić information content (AvgIpc) is 4.02. The van der Waals surface area contributed by atoms with Gasteiger partial charge in [-0.2, -0.15) is 0 Å². The van der Waals surface area contributed by atoms with Crippen molar-refractivity contribution >= 4 is 65.6 Å². The quantitative estimate of drug-likeness (QED) is 0.168. The molecule has 294 valence electrons. The van der Waals surface area contributed by atoms with Crippen molar-refractivity contribution in [3.63, 3.8) is 0 Å². The van der Waals surface area contributed by atoms with Crippen LogP contribution in [0.3, 0.4) is 0 Å². The SMILES string of the molecule is c1ccc(-c2ccc(-c3nc(-c4ccc5c(c4)oc4ccccc45)nc(-c4ccccc4-n4c5ccccc5c5ccc6c7ccccc7n(-c7ccccc7)c6c54)n3)cc2)cc1. The summed E-state index contributed by atoms with van der Waals surface area (Å²) in [5.41, 5.74) is 13.1. The normalized spacial score (nSPS) is 11.8. The van der Waals surface area contributed by atoms with Crippen LogP contribution in [0.25, 0.3) is 122 Å². The molecule has 0 saturated heterocycles. The third-order valence-corrected chi connectivity index (χ3v) is 12.4. The molecule has 0 atom stereocenters. The van der Waals surface area contributed by atoms with Crippen molar-refractivity contribution in [2.45, 2.75) is 0 Å². The van der Waals surface area contributed by atoms with Gasteiger partial charge in [-0.1, -0.05) is 158 Å². The summed E-state index contributed by atoms with van der Waals surface area (Å²) in [5.74, 6) is 1.72. The fourth-order valence-corrected chi connectivity index (χ4v) is 9.52. The molecule has 0 N–H and O–H groups in total. The summed E-state index contributed by atoms with van der Waals surface area (Å²) in [6.07, 6.45) is 0. The van der Waals surface area contributed by atoms with Crippen molar-refractivity contribution in [1.29, 1.82) is 0 Å². The summed E-state index contributed by atoms with van der Waals surface area (Å²) in [6, 6.07) is 74.4. The van der Waals surface area contributed by atoms with Crippen molar-refractivity contribution in [3.05, 3.63) is 212 Å². The first-order valence-corrected chi connectivity index (χ1v) is 21.2. The Bertz CT molecular complexity index is 3900. The van der Waals surface area contributed by atoms with Crippen LogP contribution in [0.5, 0.6) is 0 Å². The number of furan rings is 1. The molecule has 6 heteroatoms. The van der Waals surface area contributed by atoms with Crippen LogP contribution in [-0.2, 0) is 0 Å². The Morgan fingerprint density at radius 1 is 0.317 bits per heavy atom. The highest BCUT2D eigenvalue weighted by Crippen LogP contribution is 2.43. The van der Waals surface area contributed by atoms with Crippen LogP contribution in [0.1, 0.15) is 0 Å². The molecule has 0 aliphatic carbocycles. The molecule has 0 radical (unpaired) electrons. The van der Waals surface area contributed by atoms with E-state index in [2.05, 4.69) is 197 Å². The number of hydrogen-bond acceptors (Lipinski definition) is 4. The fourth-order valence-electron chi connectivity index (χ4n) is 9.52. The minimum absolute atomic E-state index is 0.563. The van der Waals surface area contributed by atoms with Gasteiger partial charge in [0.15, 0.2) is 17.5 Å². The molecular formula is C57H35N5O. The molecular weight excluding hydrogens is 771 g/mol. The summed E-state index contributed by atoms with van der Waals surface area (Å²) in [6.45, 7) is 0. The number of nitrogens with zero attached hydrogens (tertiary/aromatic N) is 5. The molecule has 6 nitrogen and oxygen atoms in total. The maximum absolute atomic E-state index is 6.37. The molecule has 9 aromatic carbocycles. The molecule has 0 amide bonds. The predicted molar refractivity (Wildman–Crippen MR) is 258 cm³/mol. The molecule has 4 aromatic heterocycles. The Balaban J connectivity index is 1.08. The summed E-state index contributed by atoms with van der Waals surface area (Å²) >= 11 is 0. The van der Waals surface area contributed by atoms with Gasteiger partial charge in [0.1, 0.15) is 11.2 Å². The first-order chi connectivity index (χ1) is 31.2. The summed E-state index contributed by atoms with van der Waals surface area (Å²) in [7, 11) is 0. The minimum Gasteiger partial charge on any atom is -0.456 e. The summed E-state index contributed by atoms with van der Waals surface area (Å²) < 4.78 is 11.2. The van der Waals surface area contributed by atoms with Gasteiger partial charge in [-0.3, -0.25) is 0 Å². The number of para-hydroxylation sites is 5. The second-order valence-corrected chi connectivity index (χ2v) is 16.0. The second kappa shape index (κ2) is 14.0. The van der Waals surface area contributed by atoms with Gasteiger partial charge in [-0.25, -0.2) is 15.0 Å². The monoisotopic (exact) mass is 805 g/mol. The van der Waals surface area contributed by atoms with E-state index in [0.717, 1.165) is 83.2 Å². The lowest BCUT2D eigenvalue weighted by molar-refractivity contribution is 0.669. The highest BCUT2D eigenvalue weighted by Gasteiger charge is 2.24. The van der Waals surface area contributed by atoms with Crippen molar-refractivity contribution in [2.75, 3.05) is 0 Å². The van der Waals surface area contributed by atoms with E-state index in [4.69, 9.17) is 19.4 Å². The minimum atomic E-state index is 0.563. The highest BCUT2D eigenvalue weighted by atomic mass is 16.3. The first kappa shape index (κ1) is 35.2. The number of hydrogen-bond donors (Lipinski definition) is 0. The van der Waals surface area contributed by atoms with E-state index < -0.39 is 0 Å². The van der Waals surface area contributed by atoms with Gasteiger partial charge in [0.05, 0.1) is 27.8 Å². The third kappa shape index (κ3) is 5.55. The van der Waals surface area contributed by atoms with Crippen molar-refractivity contribution < 1.29 is 4.42 Å². The Hall–Kier alpha value is -8.61. The standard InChI is InChI=1S/C57H35N5O/c1-3-15-36(16-4-1)37-27-29-38(30-28-37)55-58-56(39-31-32-44-43-21-10-14-26-51(43)63-52(44)35-39)60-57(59-55)47-22-9-13-25-50(47)62-49-24-12-8-20-42(49)46-34-33-45-41-19-7-11-23-48(41)61(53(45)54(46)62)40-17-5-2-6-18-40/h1-35H. The Morgan fingerprint density at radius 3 is 1.56 bits per heavy atom. The van der Waals surface area contributed by atoms with Gasteiger partial charge < -0.3 is 13.6 Å². The Kier molecular flexibility index (Phi) is 7.80. The third-order valence-electron chi connectivity index (χ3n) is 12.4. The second-order valence-electron chi connectivity index (χ2n) is 16.0. The van der Waals surface area contributed by atoms with Crippen LogP contribution in [0, 0.1) is 0 Å². The Morgan fingerprint density at radius 2 is 0.810 bits per heavy atom. The van der Waals surface area contributed by atoms with Crippen LogP contribution in [0.15, 0.2) is 217 Å². The molecule has 63 heavy (non-hydrogen) atoms. The van der Waals surface area contributed by atoms with Gasteiger partial charge in [-0.15, -0.1) is 0 Å². The van der Waals surface area contributed by atoms with Crippen molar-refractivity contribution in [1.82, 2.24) is 24.1 Å². The van der Waals surface area contributed by atoms with E-state index in [0.29, 0.717) is 17.5 Å². The molecule has 0 saturated carbocycles. The number of fused-ring (bicyclic) bond motifs is 10. The molecule has 13 rings (SSSR count). The van der Waals surface area contributed by atoms with Gasteiger partial charge in [0.2, 0.25) is 0 Å². The van der Waals surface area contributed by atoms with Crippen LogP contribution in [-0.4, -0.2) is 24.1 Å². The van der Waals surface area contributed by atoms with Gasteiger partial charge in [0.25, 0.3) is 0 Å². The van der Waals surface area contributed by atoms with E-state index in [1.54, 1.807) is 0 Å². The van der Waals surface area contributed by atoms with E-state index in [1.165, 1.54) is 21.5 Å². The average molecular weight is 806 g/mol. The maximum atomic E-state index is 6.37. The van der Waals surface area contributed by atoms with Crippen LogP contribution >= 0.6 is 0 Å². The van der Waals surface area contributed by atoms with E-state index in [-0.39, 0.29) is 0 Å². The smallest absolute Gasteiger partial charge is 0.166 e. The predicted octanol–water partition coefficient (Wildman–Crippen LogP) is 14.6. The van der Waals surface area contributed by atoms with Crippen LogP contribution in [0.4, 0.5) is 0 Å². The molecule has 0 bridgehead atoms. The van der Waals surface area contributed by atoms with Crippen molar-refractivity contribution in [2.24, 2.45) is 0 Å². The van der Waals surface area contributed by atoms with E-state index >= 15 is 0 Å². The molecule has 0 aliphatic rings. The van der Waals surface area contributed by atoms with Gasteiger partial charge >= 0.3 is 0 Å². The lowest BCUT2D eigenvalue weighted by Crippen LogP contribution is -2.04. The zero-order valence-corrected chi connectivity index (χ0v) is 33.9. The molecule has 13 aromatic rings. The summed E-state index contributed by atoms with van der Waals surface area (Å²) in [4.78, 5) is 15.9. The molecule has 0 unspecified atom stereocenters. The van der Waals surface area contributed by atoms with Crippen molar-refractivity contribution in [3.8, 4) is 56.7 Å². The lowest BCUT2D eigenvalue weighted by Gasteiger charge is -2.16. The molecule has 0 fully saturated rings. The highest BCUT2D eigenvalue weighted by molar-refractivity contribution is 6.24. The summed E-state index contributed by atoms with van der Waals surface area (Å²) in [5, 5.41) is 6.86. The maximum Gasteiger partial charge on any atom is 0.166 e. The van der Waals surface area contributed by atoms with Gasteiger partial charge in [-0.05, 0) is 65.7 Å². The zero-order valence-electron chi connectivity index (χ0n) is 33.9. The number of aromatic nitrogens is 5. The molecule has 0 spiro atoms. The lowest BCUT2D eigenvalue weighted by atomic mass is 10.0. The van der Waals surface area contributed by atoms with Crippen LogP contribution < -0.4 is 0 Å². The molecule has 4 heterocycles. The van der Waals surface area contributed by atoms with Crippen LogP contribution in [0.2, 0.25) is 0 Å². The Labute approximate surface area is 361 Å². The van der Waals surface area contributed by atoms with Gasteiger partial charge in [0, 0.05) is 54.7 Å².